The molecular weight excluding hydrogens is 256 g/mol. The van der Waals surface area contributed by atoms with Crippen LogP contribution >= 0.6 is 0 Å². The molecule has 0 aliphatic heterocycles. The first-order chi connectivity index (χ1) is 9.58. The number of unbranched alkanes of at least 4 members (excludes halogenated alkanes) is 2. The summed E-state index contributed by atoms with van der Waals surface area (Å²) in [6.45, 7) is 4.13. The number of nitrogens with one attached hydrogen (secondary N) is 1. The summed E-state index contributed by atoms with van der Waals surface area (Å²) in [6, 6.07) is 3.19. The summed E-state index contributed by atoms with van der Waals surface area (Å²) in [7, 11) is 1.31. The second kappa shape index (κ2) is 8.30. The van der Waals surface area contributed by atoms with Gasteiger partial charge in [0.15, 0.2) is 0 Å². The summed E-state index contributed by atoms with van der Waals surface area (Å²) < 4.78 is 4.58. The maximum Gasteiger partial charge on any atom is 0.339 e. The maximum atomic E-state index is 11.9. The third kappa shape index (κ3) is 4.99. The molecule has 0 spiro atoms. The van der Waals surface area contributed by atoms with E-state index in [4.69, 9.17) is 0 Å². The van der Waals surface area contributed by atoms with E-state index in [2.05, 4.69) is 22.0 Å². The van der Waals surface area contributed by atoms with Crippen molar-refractivity contribution < 1.29 is 14.3 Å². The van der Waals surface area contributed by atoms with Crippen LogP contribution in [0.3, 0.4) is 0 Å². The molecule has 5 heteroatoms. The van der Waals surface area contributed by atoms with Gasteiger partial charge in [-0.1, -0.05) is 26.2 Å². The normalized spacial score (nSPS) is 11.8. The first-order valence-corrected chi connectivity index (χ1v) is 6.93. The highest BCUT2D eigenvalue weighted by molar-refractivity contribution is 5.94. The number of carbonyl (C=O) groups excluding carboxylic acids is 2. The number of hydrogen-bond acceptors (Lipinski definition) is 4. The minimum absolute atomic E-state index is 0.121. The number of rotatable bonds is 7. The van der Waals surface area contributed by atoms with Crippen LogP contribution in [0.1, 0.15) is 60.4 Å². The fourth-order valence-corrected chi connectivity index (χ4v) is 1.84. The lowest BCUT2D eigenvalue weighted by Crippen LogP contribution is -2.33. The molecule has 0 bridgehead atoms. The van der Waals surface area contributed by atoms with Crippen molar-refractivity contribution in [1.29, 1.82) is 0 Å². The topological polar surface area (TPSA) is 68.3 Å². The molecule has 5 nitrogen and oxygen atoms in total. The molecule has 1 N–H and O–H groups in total. The van der Waals surface area contributed by atoms with Crippen LogP contribution in [-0.2, 0) is 4.74 Å². The highest BCUT2D eigenvalue weighted by Gasteiger charge is 2.12. The van der Waals surface area contributed by atoms with Crippen molar-refractivity contribution in [2.45, 2.75) is 45.6 Å². The van der Waals surface area contributed by atoms with E-state index < -0.39 is 5.97 Å². The van der Waals surface area contributed by atoms with Crippen LogP contribution in [0.5, 0.6) is 0 Å². The molecule has 0 unspecified atom stereocenters. The van der Waals surface area contributed by atoms with Crippen molar-refractivity contribution in [3.8, 4) is 0 Å². The molecule has 1 aromatic heterocycles. The van der Waals surface area contributed by atoms with E-state index in [0.29, 0.717) is 11.3 Å². The second-order valence-corrected chi connectivity index (χ2v) is 4.79. The monoisotopic (exact) mass is 278 g/mol. The first-order valence-electron chi connectivity index (χ1n) is 6.93. The largest absolute Gasteiger partial charge is 0.465 e. The van der Waals surface area contributed by atoms with Crippen molar-refractivity contribution in [3.63, 3.8) is 0 Å². The smallest absolute Gasteiger partial charge is 0.339 e. The molecule has 0 radical (unpaired) electrons. The maximum absolute atomic E-state index is 11.9. The molecule has 1 atom stereocenters. The zero-order chi connectivity index (χ0) is 15.0. The van der Waals surface area contributed by atoms with Crippen LogP contribution in [0.4, 0.5) is 0 Å². The second-order valence-electron chi connectivity index (χ2n) is 4.79. The Morgan fingerprint density at radius 2 is 2.10 bits per heavy atom. The van der Waals surface area contributed by atoms with E-state index in [1.165, 1.54) is 31.9 Å². The highest BCUT2D eigenvalue weighted by Crippen LogP contribution is 2.05. The van der Waals surface area contributed by atoms with Gasteiger partial charge in [-0.15, -0.1) is 0 Å². The third-order valence-electron chi connectivity index (χ3n) is 3.04. The first kappa shape index (κ1) is 16.1. The molecule has 0 saturated carbocycles. The third-order valence-corrected chi connectivity index (χ3v) is 3.04. The minimum Gasteiger partial charge on any atom is -0.465 e. The Balaban J connectivity index is 2.53. The number of methoxy groups -OCH3 is 1. The van der Waals surface area contributed by atoms with Gasteiger partial charge in [0.25, 0.3) is 5.91 Å². The zero-order valence-electron chi connectivity index (χ0n) is 12.3. The zero-order valence-corrected chi connectivity index (χ0v) is 12.3. The summed E-state index contributed by atoms with van der Waals surface area (Å²) in [5.41, 5.74) is 0.639. The van der Waals surface area contributed by atoms with Crippen molar-refractivity contribution in [1.82, 2.24) is 10.3 Å². The van der Waals surface area contributed by atoms with Gasteiger partial charge in [0.2, 0.25) is 0 Å². The molecule has 1 heterocycles. The summed E-state index contributed by atoms with van der Waals surface area (Å²) in [4.78, 5) is 27.2. The fraction of sp³-hybridized carbons (Fsp3) is 0.533. The van der Waals surface area contributed by atoms with Crippen LogP contribution in [-0.4, -0.2) is 30.0 Å². The lowest BCUT2D eigenvalue weighted by molar-refractivity contribution is 0.0599. The van der Waals surface area contributed by atoms with Gasteiger partial charge in [0.1, 0.15) is 5.69 Å². The summed E-state index contributed by atoms with van der Waals surface area (Å²) in [6.07, 6.45) is 5.75. The van der Waals surface area contributed by atoms with Gasteiger partial charge in [-0.05, 0) is 25.5 Å². The van der Waals surface area contributed by atoms with Crippen molar-refractivity contribution >= 4 is 11.9 Å². The van der Waals surface area contributed by atoms with Gasteiger partial charge >= 0.3 is 5.97 Å². The molecule has 110 valence electrons. The number of aromatic nitrogens is 1. The molecule has 0 aliphatic rings. The van der Waals surface area contributed by atoms with Crippen LogP contribution in [0.2, 0.25) is 0 Å². The van der Waals surface area contributed by atoms with Crippen LogP contribution in [0.25, 0.3) is 0 Å². The van der Waals surface area contributed by atoms with E-state index in [9.17, 15) is 9.59 Å². The minimum atomic E-state index is -0.461. The van der Waals surface area contributed by atoms with Gasteiger partial charge in [-0.25, -0.2) is 4.79 Å². The van der Waals surface area contributed by atoms with Gasteiger partial charge in [-0.3, -0.25) is 9.78 Å². The Labute approximate surface area is 119 Å². The van der Waals surface area contributed by atoms with Crippen molar-refractivity contribution in [3.05, 3.63) is 29.6 Å². The Morgan fingerprint density at radius 1 is 1.35 bits per heavy atom. The Kier molecular flexibility index (Phi) is 6.70. The van der Waals surface area contributed by atoms with E-state index in [0.717, 1.165) is 19.3 Å². The summed E-state index contributed by atoms with van der Waals surface area (Å²) in [5, 5.41) is 2.90. The number of ether oxygens (including phenoxy) is 1. The lowest BCUT2D eigenvalue weighted by atomic mass is 10.1. The van der Waals surface area contributed by atoms with E-state index in [-0.39, 0.29) is 11.9 Å². The van der Waals surface area contributed by atoms with Crippen molar-refractivity contribution in [2.24, 2.45) is 0 Å². The standard InChI is InChI=1S/C15H22N2O3/c1-4-5-6-7-11(2)17-14(18)13-9-8-12(10-16-13)15(19)20-3/h8-11H,4-7H2,1-3H3,(H,17,18)/t11-/m1/s1. The van der Waals surface area contributed by atoms with E-state index in [1.807, 2.05) is 6.92 Å². The van der Waals surface area contributed by atoms with Crippen LogP contribution in [0.15, 0.2) is 18.3 Å². The van der Waals surface area contributed by atoms with Crippen molar-refractivity contribution in [2.75, 3.05) is 7.11 Å². The number of pyridine rings is 1. The molecule has 1 amide bonds. The molecule has 1 aromatic rings. The average molecular weight is 278 g/mol. The molecule has 0 aromatic carbocycles. The number of carbonyl (C=O) groups is 2. The van der Waals surface area contributed by atoms with Crippen LogP contribution in [0, 0.1) is 0 Å². The highest BCUT2D eigenvalue weighted by atomic mass is 16.5. The summed E-state index contributed by atoms with van der Waals surface area (Å²) >= 11 is 0. The Morgan fingerprint density at radius 3 is 2.65 bits per heavy atom. The Hall–Kier alpha value is -1.91. The van der Waals surface area contributed by atoms with E-state index >= 15 is 0 Å². The number of hydrogen-bond donors (Lipinski definition) is 1. The average Bonchev–Trinajstić information content (AvgIpc) is 2.46. The molecule has 0 fully saturated rings. The van der Waals surface area contributed by atoms with Gasteiger partial charge in [0.05, 0.1) is 12.7 Å². The Bertz CT molecular complexity index is 443. The predicted molar refractivity (Wildman–Crippen MR) is 76.6 cm³/mol. The number of nitrogens with zero attached hydrogens (tertiary/aromatic N) is 1. The molecule has 20 heavy (non-hydrogen) atoms. The fourth-order valence-electron chi connectivity index (χ4n) is 1.84. The van der Waals surface area contributed by atoms with Gasteiger partial charge < -0.3 is 10.1 Å². The lowest BCUT2D eigenvalue weighted by Gasteiger charge is -2.13. The van der Waals surface area contributed by atoms with Gasteiger partial charge in [-0.2, -0.15) is 0 Å². The predicted octanol–water partition coefficient (Wildman–Crippen LogP) is 2.57. The summed E-state index contributed by atoms with van der Waals surface area (Å²) in [5.74, 6) is -0.678. The molecule has 1 rings (SSSR count). The number of amides is 1. The van der Waals surface area contributed by atoms with E-state index in [1.54, 1.807) is 0 Å². The molecule has 0 saturated heterocycles. The SMILES string of the molecule is CCCCC[C@@H](C)NC(=O)c1ccc(C(=O)OC)cn1. The van der Waals surface area contributed by atoms with Crippen LogP contribution < -0.4 is 5.32 Å². The quantitative estimate of drug-likeness (QED) is 0.615. The number of esters is 1. The molecular formula is C15H22N2O3. The van der Waals surface area contributed by atoms with Gasteiger partial charge in [0, 0.05) is 12.2 Å². The molecule has 0 aliphatic carbocycles.